The van der Waals surface area contributed by atoms with Gasteiger partial charge in [0, 0.05) is 57.4 Å². The van der Waals surface area contributed by atoms with Crippen LogP contribution in [0.4, 0.5) is 23.2 Å². The smallest absolute Gasteiger partial charge is 0.401 e. The molecule has 2 fully saturated rings. The van der Waals surface area contributed by atoms with E-state index in [0.29, 0.717) is 26.1 Å². The number of hydrogen-bond donors (Lipinski definition) is 0. The number of benzene rings is 2. The molecular formula is C27H35F4N3O2. The number of ether oxygens (including phenoxy) is 2. The van der Waals surface area contributed by atoms with E-state index >= 15 is 0 Å². The minimum absolute atomic E-state index is 0.184. The molecule has 0 N–H and O–H groups in total. The van der Waals surface area contributed by atoms with Crippen LogP contribution in [0, 0.1) is 5.92 Å². The van der Waals surface area contributed by atoms with E-state index in [1.165, 1.54) is 10.5 Å². The maximum atomic E-state index is 12.5. The van der Waals surface area contributed by atoms with Crippen molar-refractivity contribution in [2.75, 3.05) is 77.2 Å². The predicted molar refractivity (Wildman–Crippen MR) is 132 cm³/mol. The van der Waals surface area contributed by atoms with Crippen molar-refractivity contribution in [2.45, 2.75) is 19.1 Å². The molecule has 0 bridgehead atoms. The van der Waals surface area contributed by atoms with Crippen molar-refractivity contribution in [3.63, 3.8) is 0 Å². The summed E-state index contributed by atoms with van der Waals surface area (Å²) in [5.41, 5.74) is 3.35. The highest BCUT2D eigenvalue weighted by Gasteiger charge is 2.32. The van der Waals surface area contributed by atoms with Gasteiger partial charge in [-0.15, -0.1) is 0 Å². The third-order valence-corrected chi connectivity index (χ3v) is 6.73. The van der Waals surface area contributed by atoms with Gasteiger partial charge in [-0.1, -0.05) is 24.3 Å². The summed E-state index contributed by atoms with van der Waals surface area (Å²) in [4.78, 5) is 5.95. The van der Waals surface area contributed by atoms with Crippen molar-refractivity contribution in [2.24, 2.45) is 5.92 Å². The lowest BCUT2D eigenvalue weighted by Crippen LogP contribution is -2.49. The zero-order valence-electron chi connectivity index (χ0n) is 20.6. The number of rotatable bonds is 7. The van der Waals surface area contributed by atoms with Gasteiger partial charge in [0.25, 0.3) is 0 Å². The van der Waals surface area contributed by atoms with Crippen molar-refractivity contribution in [1.29, 1.82) is 0 Å². The maximum absolute atomic E-state index is 12.5. The molecule has 0 unspecified atom stereocenters. The molecule has 0 atom stereocenters. The molecule has 0 aromatic heterocycles. The van der Waals surface area contributed by atoms with Crippen LogP contribution in [0.25, 0.3) is 0 Å². The fourth-order valence-corrected chi connectivity index (χ4v) is 4.77. The zero-order chi connectivity index (χ0) is 25.4. The van der Waals surface area contributed by atoms with Crippen LogP contribution < -0.4 is 9.64 Å². The zero-order valence-corrected chi connectivity index (χ0v) is 20.6. The Kier molecular flexibility index (Phi) is 9.45. The summed E-state index contributed by atoms with van der Waals surface area (Å²) in [5, 5.41) is 0. The fraction of sp³-hybridized carbons (Fsp3) is 0.556. The van der Waals surface area contributed by atoms with Gasteiger partial charge in [-0.3, -0.25) is 14.2 Å². The molecule has 0 aliphatic carbocycles. The number of nitrogens with zero attached hydrogens (tertiary/aromatic N) is 3. The SMILES string of the molecule is FC(F)(F)CN1CCc2cc(N3CCOCC3)ccc2C1.FCC1CN(CCOc2ccccc2)C1. The highest BCUT2D eigenvalue weighted by atomic mass is 19.4. The fourth-order valence-electron chi connectivity index (χ4n) is 4.77. The number of alkyl halides is 4. The van der Waals surface area contributed by atoms with Gasteiger partial charge in [-0.2, -0.15) is 13.2 Å². The second kappa shape index (κ2) is 12.7. The number of para-hydroxylation sites is 1. The molecule has 0 amide bonds. The first kappa shape index (κ1) is 26.7. The van der Waals surface area contributed by atoms with Crippen LogP contribution >= 0.6 is 0 Å². The topological polar surface area (TPSA) is 28.2 Å². The molecule has 2 saturated heterocycles. The number of likely N-dealkylation sites (tertiary alicyclic amines) is 1. The maximum Gasteiger partial charge on any atom is 0.401 e. The van der Waals surface area contributed by atoms with Crippen LogP contribution in [0.2, 0.25) is 0 Å². The molecule has 3 aliphatic heterocycles. The van der Waals surface area contributed by atoms with Crippen LogP contribution in [0.1, 0.15) is 11.1 Å². The largest absolute Gasteiger partial charge is 0.492 e. The Hall–Kier alpha value is -2.36. The molecule has 5 rings (SSSR count). The van der Waals surface area contributed by atoms with Crippen molar-refractivity contribution >= 4 is 5.69 Å². The van der Waals surface area contributed by atoms with Gasteiger partial charge in [0.05, 0.1) is 26.4 Å². The summed E-state index contributed by atoms with van der Waals surface area (Å²) in [5.74, 6) is 1.17. The molecule has 3 aliphatic rings. The van der Waals surface area contributed by atoms with Crippen LogP contribution in [0.5, 0.6) is 5.75 Å². The van der Waals surface area contributed by atoms with Crippen molar-refractivity contribution in [3.8, 4) is 5.75 Å². The Bertz CT molecular complexity index is 932. The van der Waals surface area contributed by atoms with Gasteiger partial charge in [0.15, 0.2) is 0 Å². The average molecular weight is 510 g/mol. The van der Waals surface area contributed by atoms with Crippen LogP contribution in [-0.4, -0.2) is 88.3 Å². The minimum atomic E-state index is -4.12. The van der Waals surface area contributed by atoms with Gasteiger partial charge >= 0.3 is 6.18 Å². The Labute approximate surface area is 210 Å². The molecule has 9 heteroatoms. The minimum Gasteiger partial charge on any atom is -0.492 e. The first-order valence-corrected chi connectivity index (χ1v) is 12.6. The number of halogens is 4. The molecule has 3 heterocycles. The Morgan fingerprint density at radius 3 is 2.36 bits per heavy atom. The molecule has 0 saturated carbocycles. The lowest BCUT2D eigenvalue weighted by molar-refractivity contribution is -0.147. The summed E-state index contributed by atoms with van der Waals surface area (Å²) in [6.45, 7) is 6.41. The van der Waals surface area contributed by atoms with Crippen LogP contribution in [-0.2, 0) is 17.7 Å². The third-order valence-electron chi connectivity index (χ3n) is 6.73. The first-order valence-electron chi connectivity index (χ1n) is 12.6. The molecule has 36 heavy (non-hydrogen) atoms. The third kappa shape index (κ3) is 8.08. The molecule has 198 valence electrons. The summed E-state index contributed by atoms with van der Waals surface area (Å²) in [7, 11) is 0. The van der Waals surface area contributed by atoms with Gasteiger partial charge in [0.1, 0.15) is 12.4 Å². The van der Waals surface area contributed by atoms with Gasteiger partial charge < -0.3 is 14.4 Å². The van der Waals surface area contributed by atoms with Crippen molar-refractivity contribution < 1.29 is 27.0 Å². The number of fused-ring (bicyclic) bond motifs is 1. The van der Waals surface area contributed by atoms with Crippen molar-refractivity contribution in [3.05, 3.63) is 59.7 Å². The summed E-state index contributed by atoms with van der Waals surface area (Å²) in [6.07, 6.45) is -3.44. The van der Waals surface area contributed by atoms with Gasteiger partial charge in [0.2, 0.25) is 0 Å². The molecular weight excluding hydrogens is 474 g/mol. The van der Waals surface area contributed by atoms with E-state index in [9.17, 15) is 17.6 Å². The average Bonchev–Trinajstić information content (AvgIpc) is 2.86. The normalized spacial score (nSPS) is 19.2. The molecule has 0 radical (unpaired) electrons. The molecule has 5 nitrogen and oxygen atoms in total. The number of hydrogen-bond acceptors (Lipinski definition) is 5. The van der Waals surface area contributed by atoms with Crippen LogP contribution in [0.3, 0.4) is 0 Å². The van der Waals surface area contributed by atoms with Gasteiger partial charge in [-0.05, 0) is 41.8 Å². The molecule has 2 aromatic rings. The summed E-state index contributed by atoms with van der Waals surface area (Å²) in [6, 6.07) is 15.9. The van der Waals surface area contributed by atoms with Crippen molar-refractivity contribution in [1.82, 2.24) is 9.80 Å². The van der Waals surface area contributed by atoms with E-state index in [2.05, 4.69) is 15.9 Å². The lowest BCUT2D eigenvalue weighted by atomic mass is 9.98. The monoisotopic (exact) mass is 509 g/mol. The quantitative estimate of drug-likeness (QED) is 0.516. The number of morpholine rings is 1. The Balaban J connectivity index is 0.000000179. The van der Waals surface area contributed by atoms with E-state index in [4.69, 9.17) is 9.47 Å². The number of anilines is 1. The summed E-state index contributed by atoms with van der Waals surface area (Å²) >= 11 is 0. The highest BCUT2D eigenvalue weighted by molar-refractivity contribution is 5.52. The Morgan fingerprint density at radius 1 is 0.917 bits per heavy atom. The molecule has 0 spiro atoms. The van der Waals surface area contributed by atoms with E-state index in [1.54, 1.807) is 0 Å². The van der Waals surface area contributed by atoms with Crippen LogP contribution in [0.15, 0.2) is 48.5 Å². The van der Waals surface area contributed by atoms with Gasteiger partial charge in [-0.25, -0.2) is 0 Å². The highest BCUT2D eigenvalue weighted by Crippen LogP contribution is 2.27. The van der Waals surface area contributed by atoms with E-state index in [1.807, 2.05) is 42.5 Å². The van der Waals surface area contributed by atoms with E-state index in [0.717, 1.165) is 62.9 Å². The van der Waals surface area contributed by atoms with E-state index in [-0.39, 0.29) is 12.6 Å². The lowest BCUT2D eigenvalue weighted by Gasteiger charge is -2.37. The standard InChI is InChI=1S/C15H19F3N2O.C12H16FNO/c16-15(17,18)11-19-4-3-12-9-14(2-1-13(12)10-19)20-5-7-21-8-6-20;13-8-11-9-14(10-11)6-7-15-12-4-2-1-3-5-12/h1-2,9H,3-8,10-11H2;1-5,11H,6-10H2. The molecule has 2 aromatic carbocycles. The summed E-state index contributed by atoms with van der Waals surface area (Å²) < 4.78 is 60.4. The Morgan fingerprint density at radius 2 is 1.67 bits per heavy atom. The first-order chi connectivity index (χ1) is 17.4. The second-order valence-corrected chi connectivity index (χ2v) is 9.57. The predicted octanol–water partition coefficient (Wildman–Crippen LogP) is 4.41. The van der Waals surface area contributed by atoms with E-state index < -0.39 is 12.7 Å². The second-order valence-electron chi connectivity index (χ2n) is 9.57.